The van der Waals surface area contributed by atoms with Crippen molar-refractivity contribution < 1.29 is 0 Å². The van der Waals surface area contributed by atoms with Gasteiger partial charge in [-0.1, -0.05) is 55.5 Å². The Labute approximate surface area is 71.2 Å². The molecule has 0 radical (unpaired) electrons. The second kappa shape index (κ2) is 3.40. The van der Waals surface area contributed by atoms with Crippen LogP contribution in [0.3, 0.4) is 0 Å². The minimum atomic E-state index is 0.191. The highest BCUT2D eigenvalue weighted by molar-refractivity contribution is 6.41. The van der Waals surface area contributed by atoms with E-state index in [9.17, 15) is 0 Å². The monoisotopic (exact) mass is 164 g/mol. The zero-order chi connectivity index (χ0) is 7.52. The Morgan fingerprint density at radius 3 is 2.27 bits per heavy atom. The van der Waals surface area contributed by atoms with E-state index in [1.54, 1.807) is 12.8 Å². The van der Waals surface area contributed by atoms with Gasteiger partial charge in [-0.3, -0.25) is 0 Å². The zero-order valence-corrected chi connectivity index (χ0v) is 8.41. The summed E-state index contributed by atoms with van der Waals surface area (Å²) in [6, 6.07) is 0. The lowest BCUT2D eigenvalue weighted by Crippen LogP contribution is -2.03. The fourth-order valence-electron chi connectivity index (χ4n) is 2.27. The molecular formula is C10H16Si. The molecule has 2 aliphatic rings. The summed E-state index contributed by atoms with van der Waals surface area (Å²) >= 11 is 0. The fraction of sp³-hybridized carbons (Fsp3) is 0.600. The minimum Gasteiger partial charge on any atom is -0.0810 e. The largest absolute Gasteiger partial charge is 0.0810 e. The number of hydrogen-bond donors (Lipinski definition) is 0. The highest BCUT2D eigenvalue weighted by Crippen LogP contribution is 2.33. The maximum Gasteiger partial charge on any atom is 0.0358 e. The Kier molecular flexibility index (Phi) is 2.27. The third-order valence-electron chi connectivity index (χ3n) is 2.91. The molecule has 1 saturated carbocycles. The van der Waals surface area contributed by atoms with E-state index < -0.39 is 0 Å². The van der Waals surface area contributed by atoms with E-state index in [-0.39, 0.29) is 9.52 Å². The van der Waals surface area contributed by atoms with Gasteiger partial charge in [-0.15, -0.1) is 0 Å². The van der Waals surface area contributed by atoms with Gasteiger partial charge in [-0.25, -0.2) is 0 Å². The van der Waals surface area contributed by atoms with Crippen LogP contribution in [-0.2, 0) is 0 Å². The molecular weight excluding hydrogens is 148 g/mol. The van der Waals surface area contributed by atoms with Gasteiger partial charge in [0.1, 0.15) is 0 Å². The summed E-state index contributed by atoms with van der Waals surface area (Å²) in [7, 11) is 0.191. The van der Waals surface area contributed by atoms with Gasteiger partial charge in [0.15, 0.2) is 0 Å². The molecule has 11 heavy (non-hydrogen) atoms. The molecule has 0 aromatic rings. The van der Waals surface area contributed by atoms with Gasteiger partial charge in [0.2, 0.25) is 0 Å². The number of allylic oxidation sites excluding steroid dienone is 4. The number of hydrogen-bond acceptors (Lipinski definition) is 0. The van der Waals surface area contributed by atoms with Crippen molar-refractivity contribution in [3.05, 3.63) is 24.3 Å². The molecule has 0 spiro atoms. The molecule has 1 fully saturated rings. The van der Waals surface area contributed by atoms with E-state index in [0.29, 0.717) is 0 Å². The molecule has 0 aromatic heterocycles. The first-order valence-electron chi connectivity index (χ1n) is 4.80. The molecule has 60 valence electrons. The summed E-state index contributed by atoms with van der Waals surface area (Å²) in [4.78, 5) is 0. The molecule has 0 unspecified atom stereocenters. The highest BCUT2D eigenvalue weighted by atomic mass is 28.2. The number of rotatable bonds is 2. The molecule has 0 aliphatic heterocycles. The van der Waals surface area contributed by atoms with Crippen molar-refractivity contribution in [2.24, 2.45) is 0 Å². The summed E-state index contributed by atoms with van der Waals surface area (Å²) in [6.07, 6.45) is 15.3. The van der Waals surface area contributed by atoms with Crippen LogP contribution < -0.4 is 0 Å². The highest BCUT2D eigenvalue weighted by Gasteiger charge is 2.18. The predicted molar refractivity (Wildman–Crippen MR) is 52.8 cm³/mol. The summed E-state index contributed by atoms with van der Waals surface area (Å²) in [5.41, 5.74) is 2.09. The first kappa shape index (κ1) is 7.35. The zero-order valence-electron chi connectivity index (χ0n) is 7.00. The molecule has 2 aliphatic carbocycles. The van der Waals surface area contributed by atoms with E-state index in [0.717, 1.165) is 5.54 Å². The van der Waals surface area contributed by atoms with E-state index in [1.165, 1.54) is 18.4 Å². The van der Waals surface area contributed by atoms with Crippen LogP contribution in [0.15, 0.2) is 24.3 Å². The molecule has 0 nitrogen and oxygen atoms in total. The van der Waals surface area contributed by atoms with Crippen LogP contribution in [0.1, 0.15) is 25.7 Å². The maximum atomic E-state index is 2.39. The van der Waals surface area contributed by atoms with Crippen LogP contribution in [0.4, 0.5) is 0 Å². The summed E-state index contributed by atoms with van der Waals surface area (Å²) in [5, 5.41) is 0. The smallest absolute Gasteiger partial charge is 0.0358 e. The average molecular weight is 164 g/mol. The molecule has 0 N–H and O–H groups in total. The lowest BCUT2D eigenvalue weighted by atomic mass is 10.4. The van der Waals surface area contributed by atoms with Gasteiger partial charge in [0.05, 0.1) is 0 Å². The van der Waals surface area contributed by atoms with Crippen LogP contribution >= 0.6 is 0 Å². The Hall–Kier alpha value is -0.303. The van der Waals surface area contributed by atoms with Crippen LogP contribution in [0.5, 0.6) is 0 Å². The molecule has 0 atom stereocenters. The van der Waals surface area contributed by atoms with Crippen molar-refractivity contribution in [1.29, 1.82) is 0 Å². The molecule has 0 amide bonds. The first-order valence-corrected chi connectivity index (χ1v) is 6.43. The van der Waals surface area contributed by atoms with Crippen molar-refractivity contribution >= 4 is 9.52 Å². The second-order valence-electron chi connectivity index (χ2n) is 3.82. The van der Waals surface area contributed by atoms with E-state index in [4.69, 9.17) is 0 Å². The van der Waals surface area contributed by atoms with Gasteiger partial charge in [0.25, 0.3) is 0 Å². The average Bonchev–Trinajstić information content (AvgIpc) is 2.60. The van der Waals surface area contributed by atoms with Crippen molar-refractivity contribution in [1.82, 2.24) is 0 Å². The summed E-state index contributed by atoms with van der Waals surface area (Å²) in [6.45, 7) is 0. The first-order chi connectivity index (χ1) is 5.45. The van der Waals surface area contributed by atoms with Gasteiger partial charge in [-0.05, 0) is 5.54 Å². The fourth-order valence-corrected chi connectivity index (χ4v) is 4.71. The lowest BCUT2D eigenvalue weighted by Gasteiger charge is -2.10. The molecule has 0 saturated heterocycles. The molecule has 1 heteroatoms. The van der Waals surface area contributed by atoms with E-state index in [1.807, 2.05) is 0 Å². The van der Waals surface area contributed by atoms with Crippen molar-refractivity contribution in [2.45, 2.75) is 36.8 Å². The Morgan fingerprint density at radius 2 is 1.64 bits per heavy atom. The van der Waals surface area contributed by atoms with E-state index in [2.05, 4.69) is 24.3 Å². The predicted octanol–water partition coefficient (Wildman–Crippen LogP) is 2.43. The van der Waals surface area contributed by atoms with Crippen LogP contribution in [0, 0.1) is 0 Å². The van der Waals surface area contributed by atoms with Gasteiger partial charge in [0, 0.05) is 9.52 Å². The Bertz CT molecular complexity index is 163. The molecule has 0 heterocycles. The van der Waals surface area contributed by atoms with Gasteiger partial charge in [-0.2, -0.15) is 0 Å². The molecule has 2 rings (SSSR count). The topological polar surface area (TPSA) is 0 Å². The van der Waals surface area contributed by atoms with Crippen LogP contribution in [0.2, 0.25) is 11.1 Å². The Balaban J connectivity index is 1.80. The van der Waals surface area contributed by atoms with Gasteiger partial charge >= 0.3 is 0 Å². The van der Waals surface area contributed by atoms with Crippen molar-refractivity contribution in [2.75, 3.05) is 0 Å². The van der Waals surface area contributed by atoms with Gasteiger partial charge < -0.3 is 0 Å². The third kappa shape index (κ3) is 1.83. The lowest BCUT2D eigenvalue weighted by molar-refractivity contribution is 0.860. The van der Waals surface area contributed by atoms with Crippen molar-refractivity contribution in [3.63, 3.8) is 0 Å². The maximum absolute atomic E-state index is 2.39. The third-order valence-corrected chi connectivity index (χ3v) is 5.48. The van der Waals surface area contributed by atoms with Crippen LogP contribution in [-0.4, -0.2) is 9.52 Å². The minimum absolute atomic E-state index is 0.191. The van der Waals surface area contributed by atoms with E-state index >= 15 is 0 Å². The Morgan fingerprint density at radius 1 is 1.00 bits per heavy atom. The SMILES string of the molecule is C1=CC([SiH2]C2CCCC2)C=C1. The molecule has 0 bridgehead atoms. The quantitative estimate of drug-likeness (QED) is 0.550. The summed E-state index contributed by atoms with van der Waals surface area (Å²) < 4.78 is 0. The van der Waals surface area contributed by atoms with Crippen LogP contribution in [0.25, 0.3) is 0 Å². The molecule has 0 aromatic carbocycles. The normalized spacial score (nSPS) is 26.5. The second-order valence-corrected chi connectivity index (χ2v) is 6.39. The standard InChI is InChI=1S/C10H16Si/c1-2-6-9(5-1)11-10-7-3-4-8-10/h1-2,5-6,9-10H,3-4,7-8,11H2. The summed E-state index contributed by atoms with van der Waals surface area (Å²) in [5.74, 6) is 0. The van der Waals surface area contributed by atoms with Crippen molar-refractivity contribution in [3.8, 4) is 0 Å².